The average Bonchev–Trinajstić information content (AvgIpc) is 2.53. The lowest BCUT2D eigenvalue weighted by Crippen LogP contribution is -2.50. The highest BCUT2D eigenvalue weighted by molar-refractivity contribution is 5.87. The van der Waals surface area contributed by atoms with Gasteiger partial charge in [0, 0.05) is 32.2 Å². The molecule has 0 atom stereocenters. The van der Waals surface area contributed by atoms with Crippen molar-refractivity contribution in [3.05, 3.63) is 18.1 Å². The number of methoxy groups -OCH3 is 1. The van der Waals surface area contributed by atoms with Gasteiger partial charge < -0.3 is 19.3 Å². The first kappa shape index (κ1) is 17.0. The van der Waals surface area contributed by atoms with Gasteiger partial charge in [-0.25, -0.2) is 19.6 Å². The van der Waals surface area contributed by atoms with Crippen molar-refractivity contribution >= 4 is 17.9 Å². The Morgan fingerprint density at radius 2 is 1.78 bits per heavy atom. The Kier molecular flexibility index (Phi) is 5.02. The summed E-state index contributed by atoms with van der Waals surface area (Å²) in [6.07, 6.45) is 1.03. The van der Waals surface area contributed by atoms with Crippen LogP contribution in [0.2, 0.25) is 0 Å². The van der Waals surface area contributed by atoms with Crippen LogP contribution in [0.25, 0.3) is 0 Å². The summed E-state index contributed by atoms with van der Waals surface area (Å²) in [5, 5.41) is 0. The molecule has 1 aromatic heterocycles. The molecule has 0 unspecified atom stereocenters. The number of esters is 1. The molecule has 1 fully saturated rings. The van der Waals surface area contributed by atoms with E-state index in [1.54, 1.807) is 11.0 Å². The minimum atomic E-state index is -0.504. The highest BCUT2D eigenvalue weighted by atomic mass is 16.6. The lowest BCUT2D eigenvalue weighted by atomic mass is 10.2. The third kappa shape index (κ3) is 4.54. The van der Waals surface area contributed by atoms with E-state index in [1.165, 1.54) is 13.4 Å². The molecule has 8 nitrogen and oxygen atoms in total. The molecule has 1 amide bonds. The van der Waals surface area contributed by atoms with Gasteiger partial charge in [0.15, 0.2) is 5.69 Å². The van der Waals surface area contributed by atoms with Gasteiger partial charge >= 0.3 is 12.1 Å². The first-order chi connectivity index (χ1) is 10.8. The van der Waals surface area contributed by atoms with Gasteiger partial charge in [0.1, 0.15) is 17.7 Å². The summed E-state index contributed by atoms with van der Waals surface area (Å²) in [5.74, 6) is 0.144. The summed E-state index contributed by atoms with van der Waals surface area (Å²) in [7, 11) is 1.31. The molecule has 0 radical (unpaired) electrons. The lowest BCUT2D eigenvalue weighted by molar-refractivity contribution is 0.0240. The summed E-state index contributed by atoms with van der Waals surface area (Å²) < 4.78 is 10.0. The summed E-state index contributed by atoms with van der Waals surface area (Å²) in [5.41, 5.74) is -0.289. The largest absolute Gasteiger partial charge is 0.464 e. The standard InChI is InChI=1S/C15H22N4O4/c1-15(2,3)23-14(21)19-7-5-18(6-8-19)12-9-11(13(20)22-4)16-10-17-12/h9-10H,5-8H2,1-4H3. The molecule has 1 aliphatic heterocycles. The fraction of sp³-hybridized carbons (Fsp3) is 0.600. The van der Waals surface area contributed by atoms with Crippen molar-refractivity contribution in [2.75, 3.05) is 38.2 Å². The van der Waals surface area contributed by atoms with Gasteiger partial charge in [-0.3, -0.25) is 0 Å². The SMILES string of the molecule is COC(=O)c1cc(N2CCN(C(=O)OC(C)(C)C)CC2)ncn1. The predicted octanol–water partition coefficient (Wildman–Crippen LogP) is 1.32. The van der Waals surface area contributed by atoms with Crippen molar-refractivity contribution in [2.24, 2.45) is 0 Å². The topological polar surface area (TPSA) is 84.9 Å². The van der Waals surface area contributed by atoms with Gasteiger partial charge in [-0.15, -0.1) is 0 Å². The Bertz CT molecular complexity index is 577. The minimum Gasteiger partial charge on any atom is -0.464 e. The van der Waals surface area contributed by atoms with Crippen LogP contribution in [0.5, 0.6) is 0 Å². The first-order valence-corrected chi connectivity index (χ1v) is 7.43. The molecule has 0 aliphatic carbocycles. The second kappa shape index (κ2) is 6.80. The fourth-order valence-corrected chi connectivity index (χ4v) is 2.18. The zero-order valence-corrected chi connectivity index (χ0v) is 13.9. The van der Waals surface area contributed by atoms with Crippen molar-refractivity contribution in [1.82, 2.24) is 14.9 Å². The van der Waals surface area contributed by atoms with E-state index in [2.05, 4.69) is 14.7 Å². The smallest absolute Gasteiger partial charge is 0.410 e. The maximum Gasteiger partial charge on any atom is 0.410 e. The van der Waals surface area contributed by atoms with E-state index in [0.717, 1.165) is 0 Å². The van der Waals surface area contributed by atoms with Crippen LogP contribution in [0.1, 0.15) is 31.3 Å². The number of rotatable bonds is 2. The lowest BCUT2D eigenvalue weighted by Gasteiger charge is -2.36. The highest BCUT2D eigenvalue weighted by Gasteiger charge is 2.26. The van der Waals surface area contributed by atoms with Gasteiger partial charge in [-0.2, -0.15) is 0 Å². The Labute approximate surface area is 135 Å². The molecule has 2 heterocycles. The van der Waals surface area contributed by atoms with Crippen LogP contribution in [0, 0.1) is 0 Å². The van der Waals surface area contributed by atoms with Crippen molar-refractivity contribution in [1.29, 1.82) is 0 Å². The summed E-state index contributed by atoms with van der Waals surface area (Å²) in [6.45, 7) is 7.82. The molecule has 8 heteroatoms. The van der Waals surface area contributed by atoms with Gasteiger partial charge in [0.05, 0.1) is 7.11 Å². The van der Waals surface area contributed by atoms with Crippen molar-refractivity contribution in [3.63, 3.8) is 0 Å². The Hall–Kier alpha value is -2.38. The second-order valence-corrected chi connectivity index (χ2v) is 6.21. The normalized spacial score (nSPS) is 15.3. The van der Waals surface area contributed by atoms with Crippen LogP contribution < -0.4 is 4.90 Å². The van der Waals surface area contributed by atoms with E-state index in [0.29, 0.717) is 32.0 Å². The number of hydrogen-bond acceptors (Lipinski definition) is 7. The van der Waals surface area contributed by atoms with Crippen LogP contribution in [0.3, 0.4) is 0 Å². The molecule has 0 spiro atoms. The van der Waals surface area contributed by atoms with Gasteiger partial charge in [-0.1, -0.05) is 0 Å². The maximum atomic E-state index is 12.0. The number of carbonyl (C=O) groups is 2. The average molecular weight is 322 g/mol. The fourth-order valence-electron chi connectivity index (χ4n) is 2.18. The zero-order valence-electron chi connectivity index (χ0n) is 13.9. The third-order valence-corrected chi connectivity index (χ3v) is 3.30. The van der Waals surface area contributed by atoms with Crippen LogP contribution in [-0.2, 0) is 9.47 Å². The molecule has 1 aliphatic rings. The Balaban J connectivity index is 1.97. The van der Waals surface area contributed by atoms with Gasteiger partial charge in [0.25, 0.3) is 0 Å². The van der Waals surface area contributed by atoms with E-state index < -0.39 is 11.6 Å². The van der Waals surface area contributed by atoms with E-state index in [9.17, 15) is 9.59 Å². The monoisotopic (exact) mass is 322 g/mol. The number of aromatic nitrogens is 2. The molecule has 0 bridgehead atoms. The number of piperazine rings is 1. The van der Waals surface area contributed by atoms with Crippen LogP contribution in [-0.4, -0.2) is 65.8 Å². The summed E-state index contributed by atoms with van der Waals surface area (Å²) in [6, 6.07) is 1.59. The molecule has 0 aromatic carbocycles. The van der Waals surface area contributed by atoms with Gasteiger partial charge in [0.2, 0.25) is 0 Å². The third-order valence-electron chi connectivity index (χ3n) is 3.30. The maximum absolute atomic E-state index is 12.0. The molecule has 23 heavy (non-hydrogen) atoms. The predicted molar refractivity (Wildman–Crippen MR) is 83.4 cm³/mol. The zero-order chi connectivity index (χ0) is 17.0. The van der Waals surface area contributed by atoms with Crippen molar-refractivity contribution in [3.8, 4) is 0 Å². The quantitative estimate of drug-likeness (QED) is 0.759. The molecular weight excluding hydrogens is 300 g/mol. The number of amides is 1. The van der Waals surface area contributed by atoms with Crippen LogP contribution in [0.15, 0.2) is 12.4 Å². The van der Waals surface area contributed by atoms with Crippen molar-refractivity contribution < 1.29 is 19.1 Å². The molecule has 2 rings (SSSR count). The highest BCUT2D eigenvalue weighted by Crippen LogP contribution is 2.16. The van der Waals surface area contributed by atoms with E-state index in [4.69, 9.17) is 4.74 Å². The summed E-state index contributed by atoms with van der Waals surface area (Å²) >= 11 is 0. The van der Waals surface area contributed by atoms with E-state index in [1.807, 2.05) is 25.7 Å². The molecule has 1 aromatic rings. The van der Waals surface area contributed by atoms with E-state index >= 15 is 0 Å². The molecule has 1 saturated heterocycles. The Morgan fingerprint density at radius 1 is 1.13 bits per heavy atom. The van der Waals surface area contributed by atoms with E-state index in [-0.39, 0.29) is 11.8 Å². The number of hydrogen-bond donors (Lipinski definition) is 0. The number of carbonyl (C=O) groups excluding carboxylic acids is 2. The Morgan fingerprint density at radius 3 is 2.35 bits per heavy atom. The molecule has 126 valence electrons. The minimum absolute atomic E-state index is 0.215. The van der Waals surface area contributed by atoms with Crippen molar-refractivity contribution in [2.45, 2.75) is 26.4 Å². The molecule has 0 saturated carbocycles. The van der Waals surface area contributed by atoms with Gasteiger partial charge in [-0.05, 0) is 20.8 Å². The summed E-state index contributed by atoms with van der Waals surface area (Å²) in [4.78, 5) is 35.3. The first-order valence-electron chi connectivity index (χ1n) is 7.43. The van der Waals surface area contributed by atoms with Crippen LogP contribution in [0.4, 0.5) is 10.6 Å². The second-order valence-electron chi connectivity index (χ2n) is 6.21. The number of ether oxygens (including phenoxy) is 2. The molecular formula is C15H22N4O4. The number of nitrogens with zero attached hydrogens (tertiary/aromatic N) is 4. The molecule has 0 N–H and O–H groups in total. The van der Waals surface area contributed by atoms with Crippen LogP contribution >= 0.6 is 0 Å². The number of anilines is 1.